The first-order valence-electron chi connectivity index (χ1n) is 7.65. The number of methoxy groups -OCH3 is 2. The number of benzene rings is 1. The number of hydrogen-bond acceptors (Lipinski definition) is 6. The van der Waals surface area contributed by atoms with Gasteiger partial charge in [0.2, 0.25) is 5.91 Å². The Bertz CT molecular complexity index is 708. The molecular weight excluding hydrogens is 308 g/mol. The summed E-state index contributed by atoms with van der Waals surface area (Å²) in [6.45, 7) is 0. The van der Waals surface area contributed by atoms with E-state index >= 15 is 0 Å². The summed E-state index contributed by atoms with van der Waals surface area (Å²) in [5.41, 5.74) is 7.87. The van der Waals surface area contributed by atoms with Crippen LogP contribution in [0.4, 0.5) is 5.69 Å². The van der Waals surface area contributed by atoms with Gasteiger partial charge in [0, 0.05) is 30.2 Å². The number of nitrogens with zero attached hydrogens (tertiary/aromatic N) is 1. The third kappa shape index (κ3) is 3.47. The summed E-state index contributed by atoms with van der Waals surface area (Å²) in [5, 5.41) is 2.89. The van der Waals surface area contributed by atoms with Gasteiger partial charge in [-0.05, 0) is 30.2 Å². The van der Waals surface area contributed by atoms with E-state index in [9.17, 15) is 4.79 Å². The predicted octanol–water partition coefficient (Wildman–Crippen LogP) is 1.65. The molecule has 1 fully saturated rings. The highest BCUT2D eigenvalue weighted by atomic mass is 16.5. The Hall–Kier alpha value is -2.64. The number of amides is 1. The Kier molecular flexibility index (Phi) is 4.93. The highest BCUT2D eigenvalue weighted by Gasteiger charge is 2.30. The van der Waals surface area contributed by atoms with Crippen molar-refractivity contribution in [3.8, 4) is 11.5 Å². The third-order valence-electron chi connectivity index (χ3n) is 3.96. The molecule has 3 N–H and O–H groups in total. The van der Waals surface area contributed by atoms with E-state index in [1.54, 1.807) is 44.8 Å². The maximum absolute atomic E-state index is 12.4. The van der Waals surface area contributed by atoms with Crippen LogP contribution in [0.1, 0.15) is 18.0 Å². The lowest BCUT2D eigenvalue weighted by molar-refractivity contribution is -0.117. The second-order valence-corrected chi connectivity index (χ2v) is 5.47. The van der Waals surface area contributed by atoms with Crippen molar-refractivity contribution >= 4 is 11.6 Å². The topological polar surface area (TPSA) is 84.5 Å². The van der Waals surface area contributed by atoms with Gasteiger partial charge in [-0.15, -0.1) is 0 Å². The van der Waals surface area contributed by atoms with Gasteiger partial charge in [0.25, 0.3) is 0 Å². The number of rotatable bonds is 5. The standard InChI is InChI=1S/C17H20N4O3/c1-23-15-6-5-12(8-16(15)24-2)19-17(22)14-9-13(20-21-14)11-4-3-7-18-10-11/h3-8,10,13-14,20-21H,9H2,1-2H3,(H,19,22). The number of nitrogens with one attached hydrogen (secondary N) is 3. The third-order valence-corrected chi connectivity index (χ3v) is 3.96. The fourth-order valence-corrected chi connectivity index (χ4v) is 2.67. The minimum Gasteiger partial charge on any atom is -0.493 e. The number of carbonyl (C=O) groups is 1. The first-order valence-corrected chi connectivity index (χ1v) is 7.65. The molecule has 0 aliphatic carbocycles. The molecule has 2 unspecified atom stereocenters. The normalized spacial score (nSPS) is 19.8. The summed E-state index contributed by atoms with van der Waals surface area (Å²) in [4.78, 5) is 16.6. The molecule has 0 bridgehead atoms. The predicted molar refractivity (Wildman–Crippen MR) is 89.8 cm³/mol. The van der Waals surface area contributed by atoms with Crippen LogP contribution in [-0.4, -0.2) is 31.2 Å². The Balaban J connectivity index is 1.64. The second kappa shape index (κ2) is 7.29. The Labute approximate surface area is 140 Å². The summed E-state index contributed by atoms with van der Waals surface area (Å²) in [6.07, 6.45) is 4.17. The zero-order chi connectivity index (χ0) is 16.9. The fourth-order valence-electron chi connectivity index (χ4n) is 2.67. The molecule has 2 aromatic rings. The van der Waals surface area contributed by atoms with Crippen LogP contribution in [-0.2, 0) is 4.79 Å². The van der Waals surface area contributed by atoms with Crippen molar-refractivity contribution in [1.82, 2.24) is 15.8 Å². The van der Waals surface area contributed by atoms with Gasteiger partial charge in [-0.1, -0.05) is 6.07 Å². The zero-order valence-corrected chi connectivity index (χ0v) is 13.6. The van der Waals surface area contributed by atoms with Crippen molar-refractivity contribution in [2.24, 2.45) is 0 Å². The monoisotopic (exact) mass is 328 g/mol. The molecule has 1 amide bonds. The van der Waals surface area contributed by atoms with Gasteiger partial charge in [0.05, 0.1) is 14.2 Å². The number of aromatic nitrogens is 1. The minimum atomic E-state index is -0.330. The quantitative estimate of drug-likeness (QED) is 0.774. The summed E-state index contributed by atoms with van der Waals surface area (Å²) >= 11 is 0. The molecule has 1 aromatic heterocycles. The molecule has 0 spiro atoms. The first-order chi connectivity index (χ1) is 11.7. The van der Waals surface area contributed by atoms with Crippen molar-refractivity contribution in [3.05, 3.63) is 48.3 Å². The largest absolute Gasteiger partial charge is 0.493 e. The molecule has 1 aromatic carbocycles. The number of ether oxygens (including phenoxy) is 2. The molecule has 7 nitrogen and oxygen atoms in total. The molecule has 24 heavy (non-hydrogen) atoms. The van der Waals surface area contributed by atoms with Crippen LogP contribution in [0.2, 0.25) is 0 Å². The summed E-state index contributed by atoms with van der Waals surface area (Å²) in [5.74, 6) is 1.08. The molecule has 1 saturated heterocycles. The van der Waals surface area contributed by atoms with Crippen molar-refractivity contribution in [1.29, 1.82) is 0 Å². The highest BCUT2D eigenvalue weighted by Crippen LogP contribution is 2.30. The molecule has 2 atom stereocenters. The van der Waals surface area contributed by atoms with Crippen LogP contribution in [0.5, 0.6) is 11.5 Å². The number of pyridine rings is 1. The van der Waals surface area contributed by atoms with Crippen LogP contribution in [0, 0.1) is 0 Å². The lowest BCUT2D eigenvalue weighted by Gasteiger charge is -2.13. The van der Waals surface area contributed by atoms with Crippen LogP contribution in [0.3, 0.4) is 0 Å². The molecular formula is C17H20N4O3. The number of hydrazine groups is 1. The number of hydrogen-bond donors (Lipinski definition) is 3. The molecule has 0 saturated carbocycles. The van der Waals surface area contributed by atoms with Gasteiger partial charge >= 0.3 is 0 Å². The summed E-state index contributed by atoms with van der Waals surface area (Å²) in [7, 11) is 3.13. The molecule has 1 aliphatic rings. The lowest BCUT2D eigenvalue weighted by atomic mass is 10.0. The number of carbonyl (C=O) groups excluding carboxylic acids is 1. The minimum absolute atomic E-state index is 0.0554. The van der Waals surface area contributed by atoms with E-state index in [1.807, 2.05) is 12.1 Å². The second-order valence-electron chi connectivity index (χ2n) is 5.47. The van der Waals surface area contributed by atoms with E-state index in [4.69, 9.17) is 9.47 Å². The van der Waals surface area contributed by atoms with Gasteiger partial charge in [0.15, 0.2) is 11.5 Å². The van der Waals surface area contributed by atoms with Gasteiger partial charge in [-0.25, -0.2) is 10.9 Å². The SMILES string of the molecule is COc1ccc(NC(=O)C2CC(c3cccnc3)NN2)cc1OC. The van der Waals surface area contributed by atoms with Crippen LogP contribution < -0.4 is 25.6 Å². The van der Waals surface area contributed by atoms with Crippen LogP contribution >= 0.6 is 0 Å². The average Bonchev–Trinajstić information content (AvgIpc) is 3.12. The molecule has 3 rings (SSSR count). The van der Waals surface area contributed by atoms with E-state index in [1.165, 1.54) is 0 Å². The van der Waals surface area contributed by atoms with Gasteiger partial charge in [0.1, 0.15) is 6.04 Å². The maximum atomic E-state index is 12.4. The van der Waals surface area contributed by atoms with E-state index in [0.29, 0.717) is 23.6 Å². The van der Waals surface area contributed by atoms with E-state index in [-0.39, 0.29) is 18.0 Å². The molecule has 2 heterocycles. The highest BCUT2D eigenvalue weighted by molar-refractivity contribution is 5.95. The summed E-state index contributed by atoms with van der Waals surface area (Å²) < 4.78 is 10.4. The van der Waals surface area contributed by atoms with E-state index < -0.39 is 0 Å². The maximum Gasteiger partial charge on any atom is 0.242 e. The van der Waals surface area contributed by atoms with Crippen molar-refractivity contribution in [2.75, 3.05) is 19.5 Å². The molecule has 0 radical (unpaired) electrons. The van der Waals surface area contributed by atoms with Crippen LogP contribution in [0.15, 0.2) is 42.7 Å². The van der Waals surface area contributed by atoms with Crippen molar-refractivity contribution in [3.63, 3.8) is 0 Å². The Morgan fingerprint density at radius 1 is 1.21 bits per heavy atom. The average molecular weight is 328 g/mol. The zero-order valence-electron chi connectivity index (χ0n) is 13.6. The first kappa shape index (κ1) is 16.2. The molecule has 126 valence electrons. The lowest BCUT2D eigenvalue weighted by Crippen LogP contribution is -2.39. The van der Waals surface area contributed by atoms with Gasteiger partial charge in [-0.3, -0.25) is 9.78 Å². The van der Waals surface area contributed by atoms with E-state index in [0.717, 1.165) is 5.56 Å². The Morgan fingerprint density at radius 3 is 2.75 bits per heavy atom. The molecule has 7 heteroatoms. The number of anilines is 1. The van der Waals surface area contributed by atoms with Gasteiger partial charge in [-0.2, -0.15) is 0 Å². The van der Waals surface area contributed by atoms with E-state index in [2.05, 4.69) is 21.2 Å². The smallest absolute Gasteiger partial charge is 0.242 e. The fraction of sp³-hybridized carbons (Fsp3) is 0.294. The summed E-state index contributed by atoms with van der Waals surface area (Å²) in [6, 6.07) is 8.86. The molecule has 1 aliphatic heterocycles. The van der Waals surface area contributed by atoms with Crippen LogP contribution in [0.25, 0.3) is 0 Å². The van der Waals surface area contributed by atoms with Gasteiger partial charge < -0.3 is 14.8 Å². The van der Waals surface area contributed by atoms with Crippen molar-refractivity contribution in [2.45, 2.75) is 18.5 Å². The van der Waals surface area contributed by atoms with Crippen molar-refractivity contribution < 1.29 is 14.3 Å². The Morgan fingerprint density at radius 2 is 2.04 bits per heavy atom.